The highest BCUT2D eigenvalue weighted by atomic mass is 16.5. The number of benzene rings is 1. The van der Waals surface area contributed by atoms with E-state index in [1.807, 2.05) is 24.3 Å². The monoisotopic (exact) mass is 356 g/mol. The Hall–Kier alpha value is -2.87. The van der Waals surface area contributed by atoms with Crippen LogP contribution in [0.4, 0.5) is 17.5 Å². The molecule has 1 aromatic carbocycles. The van der Waals surface area contributed by atoms with Crippen LogP contribution in [0.1, 0.15) is 36.0 Å². The molecule has 1 aromatic heterocycles. The van der Waals surface area contributed by atoms with E-state index in [1.54, 1.807) is 7.11 Å². The lowest BCUT2D eigenvalue weighted by molar-refractivity contribution is 0.100. The van der Waals surface area contributed by atoms with Gasteiger partial charge in [0.1, 0.15) is 11.6 Å². The quantitative estimate of drug-likeness (QED) is 0.623. The number of carbonyl (C=O) groups excluding carboxylic acids is 1. The minimum absolute atomic E-state index is 0.219. The Balaban J connectivity index is 1.77. The summed E-state index contributed by atoms with van der Waals surface area (Å²) in [5.74, 6) is 1.04. The van der Waals surface area contributed by atoms with Crippen LogP contribution in [0.2, 0.25) is 0 Å². The Kier molecular flexibility index (Phi) is 5.52. The number of hydrogen-bond donors (Lipinski definition) is 4. The second-order valence-corrected chi connectivity index (χ2v) is 6.43. The standard InChI is InChI=1S/C18H24N6O2/c1-26-14-8-6-13(7-9-14)23-18-21-10-15(16(20)25)17(24-18)22-12-4-2-11(19)3-5-12/h6-12H,2-5,19H2,1H3,(H2,20,25)(H2,21,22,23,24)/t11-,12-. The van der Waals surface area contributed by atoms with Crippen LogP contribution >= 0.6 is 0 Å². The van der Waals surface area contributed by atoms with Gasteiger partial charge in [-0.15, -0.1) is 0 Å². The third-order valence-corrected chi connectivity index (χ3v) is 4.51. The smallest absolute Gasteiger partial charge is 0.254 e. The van der Waals surface area contributed by atoms with Crippen molar-refractivity contribution in [3.8, 4) is 5.75 Å². The summed E-state index contributed by atoms with van der Waals surface area (Å²) in [6, 6.07) is 7.87. The van der Waals surface area contributed by atoms with Crippen LogP contribution in [0.15, 0.2) is 30.5 Å². The van der Waals surface area contributed by atoms with Crippen molar-refractivity contribution in [2.45, 2.75) is 37.8 Å². The second-order valence-electron chi connectivity index (χ2n) is 6.43. The fourth-order valence-electron chi connectivity index (χ4n) is 2.99. The van der Waals surface area contributed by atoms with E-state index in [4.69, 9.17) is 16.2 Å². The summed E-state index contributed by atoms with van der Waals surface area (Å²) in [6.07, 6.45) is 5.21. The van der Waals surface area contributed by atoms with Crippen molar-refractivity contribution in [3.63, 3.8) is 0 Å². The number of amides is 1. The molecule has 0 saturated heterocycles. The minimum Gasteiger partial charge on any atom is -0.497 e. The molecule has 3 rings (SSSR count). The van der Waals surface area contributed by atoms with Gasteiger partial charge < -0.3 is 26.8 Å². The first-order chi connectivity index (χ1) is 12.5. The van der Waals surface area contributed by atoms with Gasteiger partial charge in [0.25, 0.3) is 5.91 Å². The van der Waals surface area contributed by atoms with E-state index in [-0.39, 0.29) is 17.6 Å². The van der Waals surface area contributed by atoms with E-state index in [0.29, 0.717) is 11.8 Å². The van der Waals surface area contributed by atoms with Crippen molar-refractivity contribution in [1.29, 1.82) is 0 Å². The molecule has 0 atom stereocenters. The fraction of sp³-hybridized carbons (Fsp3) is 0.389. The van der Waals surface area contributed by atoms with Crippen molar-refractivity contribution < 1.29 is 9.53 Å². The first kappa shape index (κ1) is 17.9. The molecular weight excluding hydrogens is 332 g/mol. The summed E-state index contributed by atoms with van der Waals surface area (Å²) in [5, 5.41) is 6.44. The lowest BCUT2D eigenvalue weighted by Crippen LogP contribution is -2.33. The predicted molar refractivity (Wildman–Crippen MR) is 101 cm³/mol. The Bertz CT molecular complexity index is 757. The summed E-state index contributed by atoms with van der Waals surface area (Å²) in [4.78, 5) is 20.3. The van der Waals surface area contributed by atoms with Crippen LogP contribution in [0.5, 0.6) is 5.75 Å². The van der Waals surface area contributed by atoms with Crippen molar-refractivity contribution >= 4 is 23.4 Å². The maximum atomic E-state index is 11.7. The minimum atomic E-state index is -0.559. The summed E-state index contributed by atoms with van der Waals surface area (Å²) in [7, 11) is 1.62. The van der Waals surface area contributed by atoms with E-state index in [0.717, 1.165) is 37.1 Å². The SMILES string of the molecule is COc1ccc(Nc2ncc(C(N)=O)c(N[C@H]3CC[C@H](N)CC3)n2)cc1. The Morgan fingerprint density at radius 3 is 2.50 bits per heavy atom. The van der Waals surface area contributed by atoms with Crippen LogP contribution in [-0.4, -0.2) is 35.1 Å². The number of methoxy groups -OCH3 is 1. The molecule has 1 fully saturated rings. The maximum Gasteiger partial charge on any atom is 0.254 e. The van der Waals surface area contributed by atoms with Crippen molar-refractivity contribution in [2.75, 3.05) is 17.7 Å². The first-order valence-corrected chi connectivity index (χ1v) is 8.65. The molecule has 0 spiro atoms. The van der Waals surface area contributed by atoms with Gasteiger partial charge >= 0.3 is 0 Å². The Morgan fingerprint density at radius 1 is 1.19 bits per heavy atom. The Morgan fingerprint density at radius 2 is 1.88 bits per heavy atom. The average Bonchev–Trinajstić information content (AvgIpc) is 2.64. The van der Waals surface area contributed by atoms with Gasteiger partial charge in [0.05, 0.1) is 12.7 Å². The molecule has 8 heteroatoms. The maximum absolute atomic E-state index is 11.7. The van der Waals surface area contributed by atoms with Gasteiger partial charge in [0.2, 0.25) is 5.95 Å². The fourth-order valence-corrected chi connectivity index (χ4v) is 2.99. The van der Waals surface area contributed by atoms with Gasteiger partial charge in [0, 0.05) is 24.0 Å². The zero-order valence-electron chi connectivity index (χ0n) is 14.7. The van der Waals surface area contributed by atoms with Gasteiger partial charge in [0.15, 0.2) is 0 Å². The molecule has 0 aliphatic heterocycles. The highest BCUT2D eigenvalue weighted by Crippen LogP contribution is 2.24. The van der Waals surface area contributed by atoms with Crippen LogP contribution in [-0.2, 0) is 0 Å². The zero-order chi connectivity index (χ0) is 18.5. The number of nitrogens with one attached hydrogen (secondary N) is 2. The largest absolute Gasteiger partial charge is 0.497 e. The third-order valence-electron chi connectivity index (χ3n) is 4.51. The first-order valence-electron chi connectivity index (χ1n) is 8.65. The molecule has 138 valence electrons. The van der Waals surface area contributed by atoms with Crippen molar-refractivity contribution in [3.05, 3.63) is 36.0 Å². The van der Waals surface area contributed by atoms with Gasteiger partial charge in [-0.2, -0.15) is 4.98 Å². The number of nitrogens with two attached hydrogens (primary N) is 2. The van der Waals surface area contributed by atoms with E-state index in [1.165, 1.54) is 6.20 Å². The lowest BCUT2D eigenvalue weighted by atomic mass is 9.92. The molecular formula is C18H24N6O2. The molecule has 1 aliphatic carbocycles. The third kappa shape index (κ3) is 4.40. The molecule has 8 nitrogen and oxygen atoms in total. The van der Waals surface area contributed by atoms with Crippen LogP contribution in [0.25, 0.3) is 0 Å². The number of aromatic nitrogens is 2. The van der Waals surface area contributed by atoms with Crippen molar-refractivity contribution in [2.24, 2.45) is 11.5 Å². The number of carbonyl (C=O) groups is 1. The van der Waals surface area contributed by atoms with Gasteiger partial charge in [-0.1, -0.05) is 0 Å². The number of nitrogens with zero attached hydrogens (tertiary/aromatic N) is 2. The molecule has 0 radical (unpaired) electrons. The summed E-state index contributed by atoms with van der Waals surface area (Å²) in [6.45, 7) is 0. The molecule has 1 heterocycles. The van der Waals surface area contributed by atoms with Gasteiger partial charge in [-0.25, -0.2) is 4.98 Å². The normalized spacial score (nSPS) is 19.6. The summed E-state index contributed by atoms with van der Waals surface area (Å²) in [5.41, 5.74) is 12.5. The molecule has 2 aromatic rings. The van der Waals surface area contributed by atoms with Crippen LogP contribution in [0.3, 0.4) is 0 Å². The van der Waals surface area contributed by atoms with E-state index in [2.05, 4.69) is 20.6 Å². The van der Waals surface area contributed by atoms with Crippen LogP contribution < -0.4 is 26.8 Å². The molecule has 6 N–H and O–H groups in total. The van der Waals surface area contributed by atoms with E-state index < -0.39 is 5.91 Å². The molecule has 0 unspecified atom stereocenters. The molecule has 1 aliphatic rings. The van der Waals surface area contributed by atoms with E-state index in [9.17, 15) is 4.79 Å². The topological polar surface area (TPSA) is 128 Å². The Labute approximate surface area is 152 Å². The lowest BCUT2D eigenvalue weighted by Gasteiger charge is -2.27. The van der Waals surface area contributed by atoms with Gasteiger partial charge in [-0.3, -0.25) is 4.79 Å². The summed E-state index contributed by atoms with van der Waals surface area (Å²) < 4.78 is 5.14. The van der Waals surface area contributed by atoms with Crippen molar-refractivity contribution in [1.82, 2.24) is 9.97 Å². The zero-order valence-corrected chi connectivity index (χ0v) is 14.7. The second kappa shape index (κ2) is 8.01. The number of primary amides is 1. The highest BCUT2D eigenvalue weighted by molar-refractivity contribution is 5.97. The van der Waals surface area contributed by atoms with Crippen LogP contribution in [0, 0.1) is 0 Å². The molecule has 1 amide bonds. The van der Waals surface area contributed by atoms with Gasteiger partial charge in [-0.05, 0) is 49.9 Å². The average molecular weight is 356 g/mol. The number of hydrogen-bond acceptors (Lipinski definition) is 7. The number of anilines is 3. The molecule has 0 bridgehead atoms. The molecule has 26 heavy (non-hydrogen) atoms. The molecule has 1 saturated carbocycles. The van der Waals surface area contributed by atoms with E-state index >= 15 is 0 Å². The number of ether oxygens (including phenoxy) is 1. The summed E-state index contributed by atoms with van der Waals surface area (Å²) >= 11 is 0. The highest BCUT2D eigenvalue weighted by Gasteiger charge is 2.21. The predicted octanol–water partition coefficient (Wildman–Crippen LogP) is 2.01. The number of rotatable bonds is 6.